The summed E-state index contributed by atoms with van der Waals surface area (Å²) in [7, 11) is 0. The molecule has 0 spiro atoms. The summed E-state index contributed by atoms with van der Waals surface area (Å²) in [6.45, 7) is 4.35. The first-order valence-electron chi connectivity index (χ1n) is 19.7. The first-order valence-corrected chi connectivity index (χ1v) is 22.7. The third kappa shape index (κ3) is 10.0. The summed E-state index contributed by atoms with van der Waals surface area (Å²) in [5.41, 5.74) is 4.66. The number of unbranched alkanes of at least 4 members (excludes halogenated alkanes) is 8. The molecule has 58 heavy (non-hydrogen) atoms. The van der Waals surface area contributed by atoms with E-state index in [0.717, 1.165) is 73.2 Å². The van der Waals surface area contributed by atoms with Gasteiger partial charge in [0.2, 0.25) is 0 Å². The number of carbonyl (C=O) groups is 2. The van der Waals surface area contributed by atoms with Gasteiger partial charge in [0.05, 0.1) is 17.0 Å². The SMILES string of the molecule is CCCCCCCC(=O)c1ccc2c(c1)c1cc(C(=O)CCCCCCC)ccc1n2-c1cc(Cl)c([C](c2c(Cl)cc(Cl)cc2Cl)c2c(Cl)cc(Cl)cc2Cl)c(Cl)c1. The molecule has 0 bridgehead atoms. The molecule has 0 saturated carbocycles. The van der Waals surface area contributed by atoms with E-state index in [1.807, 2.05) is 41.0 Å². The van der Waals surface area contributed by atoms with Crippen LogP contribution in [0.5, 0.6) is 0 Å². The van der Waals surface area contributed by atoms with Gasteiger partial charge in [0, 0.05) is 97.3 Å². The molecular weight excluding hydrogens is 894 g/mol. The Morgan fingerprint density at radius 3 is 1.16 bits per heavy atom. The van der Waals surface area contributed by atoms with Crippen molar-refractivity contribution in [2.75, 3.05) is 0 Å². The highest BCUT2D eigenvalue weighted by Gasteiger charge is 2.32. The fourth-order valence-corrected chi connectivity index (χ4v) is 10.3. The molecule has 1 radical (unpaired) electrons. The highest BCUT2D eigenvalue weighted by molar-refractivity contribution is 6.43. The molecule has 6 aromatic rings. The maximum atomic E-state index is 13.5. The zero-order valence-corrected chi connectivity index (χ0v) is 38.2. The second-order valence-corrected chi connectivity index (χ2v) is 17.9. The van der Waals surface area contributed by atoms with Crippen molar-refractivity contribution in [2.24, 2.45) is 0 Å². The number of hydrogen-bond acceptors (Lipinski definition) is 2. The minimum Gasteiger partial charge on any atom is -0.309 e. The Labute approximate surface area is 380 Å². The van der Waals surface area contributed by atoms with Crippen LogP contribution >= 0.6 is 92.8 Å². The zero-order chi connectivity index (χ0) is 41.7. The maximum Gasteiger partial charge on any atom is 0.162 e. The van der Waals surface area contributed by atoms with Gasteiger partial charge in [-0.25, -0.2) is 0 Å². The molecule has 0 N–H and O–H groups in total. The Bertz CT molecular complexity index is 2280. The molecule has 0 amide bonds. The fourth-order valence-electron chi connectivity index (χ4n) is 7.58. The molecule has 0 atom stereocenters. The molecular formula is C47H42Cl8NO2. The first-order chi connectivity index (χ1) is 27.8. The van der Waals surface area contributed by atoms with E-state index in [1.54, 1.807) is 36.4 Å². The van der Waals surface area contributed by atoms with E-state index in [2.05, 4.69) is 13.8 Å². The Morgan fingerprint density at radius 1 is 0.448 bits per heavy atom. The van der Waals surface area contributed by atoms with Gasteiger partial charge in [0.1, 0.15) is 0 Å². The van der Waals surface area contributed by atoms with Gasteiger partial charge >= 0.3 is 0 Å². The van der Waals surface area contributed by atoms with Crippen molar-refractivity contribution in [3.8, 4) is 5.69 Å². The molecule has 0 aliphatic heterocycles. The van der Waals surface area contributed by atoms with Crippen molar-refractivity contribution in [1.29, 1.82) is 0 Å². The Morgan fingerprint density at radius 2 is 0.793 bits per heavy atom. The standard InChI is InChI=1S/C47H42Cl8NO2/c1-3-5-7-9-11-13-42(57)27-15-17-40-32(19-27)33-20-28(43(58)14-12-10-8-6-4-2)16-18-41(33)56(40)31-25-38(54)46(39(55)26-31)47(44-34(50)21-29(48)22-35(44)51)45-36(52)23-30(49)24-37(45)53/h15-26H,3-14H2,1-2H3. The van der Waals surface area contributed by atoms with Crippen LogP contribution in [0.4, 0.5) is 0 Å². The summed E-state index contributed by atoms with van der Waals surface area (Å²) in [6.07, 6.45) is 11.5. The van der Waals surface area contributed by atoms with Gasteiger partial charge in [-0.1, -0.05) is 158 Å². The average molecular weight is 936 g/mol. The number of nitrogens with zero attached hydrogens (tertiary/aromatic N) is 1. The molecule has 1 aromatic heterocycles. The number of halogens is 8. The maximum absolute atomic E-state index is 13.5. The number of rotatable bonds is 18. The van der Waals surface area contributed by atoms with Crippen LogP contribution in [0.1, 0.15) is 128 Å². The Kier molecular flexibility index (Phi) is 15.9. The van der Waals surface area contributed by atoms with E-state index in [4.69, 9.17) is 92.8 Å². The van der Waals surface area contributed by atoms with Gasteiger partial charge in [-0.05, 0) is 85.6 Å². The lowest BCUT2D eigenvalue weighted by atomic mass is 9.84. The predicted octanol–water partition coefficient (Wildman–Crippen LogP) is 18.1. The molecule has 0 aliphatic rings. The summed E-state index contributed by atoms with van der Waals surface area (Å²) in [5, 5.41) is 3.76. The third-order valence-electron chi connectivity index (χ3n) is 10.5. The summed E-state index contributed by atoms with van der Waals surface area (Å²) in [6, 6.07) is 21.4. The van der Waals surface area contributed by atoms with Crippen LogP contribution in [0.25, 0.3) is 27.5 Å². The topological polar surface area (TPSA) is 39.1 Å². The summed E-state index contributed by atoms with van der Waals surface area (Å²) < 4.78 is 2.04. The summed E-state index contributed by atoms with van der Waals surface area (Å²) in [4.78, 5) is 27.0. The molecule has 1 heterocycles. The molecule has 0 aliphatic carbocycles. The van der Waals surface area contributed by atoms with Crippen molar-refractivity contribution in [3.63, 3.8) is 0 Å². The number of ketones is 2. The fraction of sp³-hybridized carbons (Fsp3) is 0.298. The van der Waals surface area contributed by atoms with E-state index in [9.17, 15) is 9.59 Å². The molecule has 3 nitrogen and oxygen atoms in total. The van der Waals surface area contributed by atoms with Crippen LogP contribution in [-0.4, -0.2) is 16.1 Å². The monoisotopic (exact) mass is 932 g/mol. The molecule has 5 aromatic carbocycles. The van der Waals surface area contributed by atoms with Crippen molar-refractivity contribution in [2.45, 2.75) is 90.9 Å². The van der Waals surface area contributed by atoms with Gasteiger partial charge in [-0.3, -0.25) is 9.59 Å². The molecule has 0 saturated heterocycles. The number of benzene rings is 5. The number of Topliss-reactive ketones (excluding diaryl/α,β-unsaturated/α-hetero) is 2. The van der Waals surface area contributed by atoms with Crippen LogP contribution < -0.4 is 0 Å². The number of hydrogen-bond donors (Lipinski definition) is 0. The van der Waals surface area contributed by atoms with E-state index >= 15 is 0 Å². The van der Waals surface area contributed by atoms with Crippen molar-refractivity contribution < 1.29 is 9.59 Å². The number of carbonyl (C=O) groups excluding carboxylic acids is 2. The lowest BCUT2D eigenvalue weighted by Gasteiger charge is -2.25. The predicted molar refractivity (Wildman–Crippen MR) is 250 cm³/mol. The number of aromatic nitrogens is 1. The largest absolute Gasteiger partial charge is 0.309 e. The smallest absolute Gasteiger partial charge is 0.162 e. The van der Waals surface area contributed by atoms with Gasteiger partial charge in [-0.15, -0.1) is 0 Å². The van der Waals surface area contributed by atoms with E-state index < -0.39 is 0 Å². The van der Waals surface area contributed by atoms with Crippen LogP contribution in [0, 0.1) is 5.92 Å². The second-order valence-electron chi connectivity index (χ2n) is 14.6. The van der Waals surface area contributed by atoms with Crippen molar-refractivity contribution in [3.05, 3.63) is 147 Å². The average Bonchev–Trinajstić information content (AvgIpc) is 3.49. The highest BCUT2D eigenvalue weighted by atomic mass is 35.5. The Balaban J connectivity index is 1.50. The Hall–Kier alpha value is -2.44. The number of fused-ring (bicyclic) bond motifs is 3. The minimum absolute atomic E-state index is 0.0937. The van der Waals surface area contributed by atoms with Crippen LogP contribution in [0.2, 0.25) is 40.2 Å². The lowest BCUT2D eigenvalue weighted by Crippen LogP contribution is -2.10. The molecule has 0 fully saturated rings. The minimum atomic E-state index is 0.0937. The highest BCUT2D eigenvalue weighted by Crippen LogP contribution is 2.50. The molecule has 0 unspecified atom stereocenters. The van der Waals surface area contributed by atoms with Gasteiger partial charge in [0.25, 0.3) is 0 Å². The summed E-state index contributed by atoms with van der Waals surface area (Å²) in [5.74, 6) is 0.574. The van der Waals surface area contributed by atoms with E-state index in [0.29, 0.717) is 62.3 Å². The molecule has 11 heteroatoms. The van der Waals surface area contributed by atoms with Gasteiger partial charge in [-0.2, -0.15) is 0 Å². The van der Waals surface area contributed by atoms with E-state index in [-0.39, 0.29) is 41.7 Å². The summed E-state index contributed by atoms with van der Waals surface area (Å²) >= 11 is 54.6. The van der Waals surface area contributed by atoms with Crippen molar-refractivity contribution in [1.82, 2.24) is 4.57 Å². The zero-order valence-electron chi connectivity index (χ0n) is 32.2. The first kappa shape index (κ1) is 45.1. The molecule has 6 rings (SSSR count). The quantitative estimate of drug-likeness (QED) is 0.0489. The lowest BCUT2D eigenvalue weighted by molar-refractivity contribution is 0.0971. The third-order valence-corrected chi connectivity index (χ3v) is 12.7. The normalized spacial score (nSPS) is 11.7. The second kappa shape index (κ2) is 20.4. The van der Waals surface area contributed by atoms with Crippen LogP contribution in [0.15, 0.2) is 72.8 Å². The van der Waals surface area contributed by atoms with Crippen LogP contribution in [-0.2, 0) is 0 Å². The van der Waals surface area contributed by atoms with Crippen molar-refractivity contribution >= 4 is 126 Å². The van der Waals surface area contributed by atoms with Gasteiger partial charge < -0.3 is 4.57 Å². The van der Waals surface area contributed by atoms with E-state index in [1.165, 1.54) is 12.8 Å². The van der Waals surface area contributed by atoms with Crippen LogP contribution in [0.3, 0.4) is 0 Å². The van der Waals surface area contributed by atoms with Gasteiger partial charge in [0.15, 0.2) is 11.6 Å². The molecule has 303 valence electrons.